The van der Waals surface area contributed by atoms with Crippen molar-refractivity contribution in [3.8, 4) is 0 Å². The summed E-state index contributed by atoms with van der Waals surface area (Å²) in [5.41, 5.74) is 7.96. The number of nitrogens with two attached hydrogens (primary N) is 1. The molecule has 0 atom stereocenters. The van der Waals surface area contributed by atoms with Gasteiger partial charge in [0.05, 0.1) is 11.0 Å². The van der Waals surface area contributed by atoms with E-state index in [4.69, 9.17) is 10.7 Å². The van der Waals surface area contributed by atoms with Crippen LogP contribution in [0.3, 0.4) is 0 Å². The van der Waals surface area contributed by atoms with Crippen LogP contribution in [-0.2, 0) is 13.0 Å². The van der Waals surface area contributed by atoms with E-state index in [1.165, 1.54) is 62.7 Å². The van der Waals surface area contributed by atoms with Crippen LogP contribution in [-0.4, -0.2) is 16.1 Å². The van der Waals surface area contributed by atoms with Gasteiger partial charge in [-0.1, -0.05) is 57.6 Å². The lowest BCUT2D eigenvalue weighted by Gasteiger charge is -2.07. The van der Waals surface area contributed by atoms with Crippen LogP contribution in [0.2, 0.25) is 0 Å². The molecule has 1 aromatic carbocycles. The van der Waals surface area contributed by atoms with E-state index in [0.717, 1.165) is 31.4 Å². The zero-order valence-electron chi connectivity index (χ0n) is 14.8. The molecule has 3 nitrogen and oxygen atoms in total. The molecule has 2 N–H and O–H groups in total. The first-order valence-electron chi connectivity index (χ1n) is 9.51. The average molecular weight is 316 g/mol. The number of para-hydroxylation sites is 2. The standard InChI is InChI=1S/C20H33N3/c1-2-17-23-19-14-11-10-13-18(19)22-20(23)15-9-7-5-3-4-6-8-12-16-21/h10-11,13-14H,2-9,12,15-17,21H2,1H3. The van der Waals surface area contributed by atoms with Crippen LogP contribution in [0.15, 0.2) is 24.3 Å². The van der Waals surface area contributed by atoms with Crippen LogP contribution in [0.25, 0.3) is 11.0 Å². The van der Waals surface area contributed by atoms with Gasteiger partial charge in [0.2, 0.25) is 0 Å². The molecule has 0 saturated carbocycles. The summed E-state index contributed by atoms with van der Waals surface area (Å²) in [5.74, 6) is 1.27. The maximum Gasteiger partial charge on any atom is 0.109 e. The fourth-order valence-electron chi connectivity index (χ4n) is 3.28. The highest BCUT2D eigenvalue weighted by atomic mass is 15.1. The second kappa shape index (κ2) is 10.4. The van der Waals surface area contributed by atoms with E-state index in [1.807, 2.05) is 0 Å². The third kappa shape index (κ3) is 5.65. The lowest BCUT2D eigenvalue weighted by molar-refractivity contribution is 0.559. The number of aromatic nitrogens is 2. The number of unbranched alkanes of at least 4 members (excludes halogenated alkanes) is 7. The average Bonchev–Trinajstić information content (AvgIpc) is 2.92. The summed E-state index contributed by atoms with van der Waals surface area (Å²) >= 11 is 0. The number of benzene rings is 1. The molecule has 0 radical (unpaired) electrons. The van der Waals surface area contributed by atoms with Gasteiger partial charge in [-0.2, -0.15) is 0 Å². The normalized spacial score (nSPS) is 11.4. The molecular formula is C20H33N3. The highest BCUT2D eigenvalue weighted by Crippen LogP contribution is 2.18. The number of hydrogen-bond acceptors (Lipinski definition) is 2. The van der Waals surface area contributed by atoms with Gasteiger partial charge in [-0.05, 0) is 37.9 Å². The lowest BCUT2D eigenvalue weighted by Crippen LogP contribution is -2.03. The number of hydrogen-bond donors (Lipinski definition) is 1. The van der Waals surface area contributed by atoms with Gasteiger partial charge >= 0.3 is 0 Å². The summed E-state index contributed by atoms with van der Waals surface area (Å²) in [6.07, 6.45) is 12.8. The predicted molar refractivity (Wildman–Crippen MR) is 99.7 cm³/mol. The minimum atomic E-state index is 0.846. The highest BCUT2D eigenvalue weighted by molar-refractivity contribution is 5.75. The van der Waals surface area contributed by atoms with Crippen molar-refractivity contribution in [1.82, 2.24) is 9.55 Å². The van der Waals surface area contributed by atoms with Crippen LogP contribution in [0.1, 0.15) is 70.5 Å². The molecule has 2 rings (SSSR count). The molecule has 0 bridgehead atoms. The quantitative estimate of drug-likeness (QED) is 0.556. The van der Waals surface area contributed by atoms with E-state index in [0.29, 0.717) is 0 Å². The summed E-state index contributed by atoms with van der Waals surface area (Å²) in [6, 6.07) is 8.53. The first-order valence-corrected chi connectivity index (χ1v) is 9.51. The van der Waals surface area contributed by atoms with Gasteiger partial charge in [-0.3, -0.25) is 0 Å². The minimum absolute atomic E-state index is 0.846. The Balaban J connectivity index is 1.73. The molecule has 23 heavy (non-hydrogen) atoms. The molecule has 0 aliphatic carbocycles. The van der Waals surface area contributed by atoms with E-state index in [1.54, 1.807) is 0 Å². The highest BCUT2D eigenvalue weighted by Gasteiger charge is 2.09. The van der Waals surface area contributed by atoms with Gasteiger partial charge in [0.15, 0.2) is 0 Å². The number of rotatable bonds is 12. The molecule has 0 aliphatic rings. The minimum Gasteiger partial charge on any atom is -0.330 e. The first-order chi connectivity index (χ1) is 11.4. The summed E-state index contributed by atoms with van der Waals surface area (Å²) in [4.78, 5) is 4.85. The van der Waals surface area contributed by atoms with Crippen molar-refractivity contribution in [2.75, 3.05) is 6.54 Å². The van der Waals surface area contributed by atoms with Gasteiger partial charge in [0, 0.05) is 13.0 Å². The molecule has 0 unspecified atom stereocenters. The van der Waals surface area contributed by atoms with E-state index in [2.05, 4.69) is 35.8 Å². The second-order valence-electron chi connectivity index (χ2n) is 6.54. The maximum absolute atomic E-state index is 5.52. The van der Waals surface area contributed by atoms with Crippen LogP contribution in [0.4, 0.5) is 0 Å². The summed E-state index contributed by atoms with van der Waals surface area (Å²) in [6.45, 7) is 4.17. The Morgan fingerprint density at radius 2 is 1.57 bits per heavy atom. The Kier molecular flexibility index (Phi) is 8.16. The lowest BCUT2D eigenvalue weighted by atomic mass is 10.1. The van der Waals surface area contributed by atoms with E-state index < -0.39 is 0 Å². The third-order valence-electron chi connectivity index (χ3n) is 4.54. The van der Waals surface area contributed by atoms with Crippen molar-refractivity contribution in [1.29, 1.82) is 0 Å². The second-order valence-corrected chi connectivity index (χ2v) is 6.54. The molecule has 128 valence electrons. The van der Waals surface area contributed by atoms with Crippen LogP contribution >= 0.6 is 0 Å². The van der Waals surface area contributed by atoms with Crippen LogP contribution in [0, 0.1) is 0 Å². The molecule has 2 aromatic rings. The molecule has 0 spiro atoms. The van der Waals surface area contributed by atoms with Gasteiger partial charge in [-0.25, -0.2) is 4.98 Å². The zero-order valence-corrected chi connectivity index (χ0v) is 14.8. The number of nitrogens with zero attached hydrogens (tertiary/aromatic N) is 2. The Hall–Kier alpha value is -1.35. The van der Waals surface area contributed by atoms with Crippen LogP contribution < -0.4 is 5.73 Å². The van der Waals surface area contributed by atoms with Gasteiger partial charge in [-0.15, -0.1) is 0 Å². The van der Waals surface area contributed by atoms with Crippen molar-refractivity contribution in [3.05, 3.63) is 30.1 Å². The summed E-state index contributed by atoms with van der Waals surface area (Å²) in [5, 5.41) is 0. The molecular weight excluding hydrogens is 282 g/mol. The van der Waals surface area contributed by atoms with E-state index in [9.17, 15) is 0 Å². The Labute approximate surface area is 141 Å². The van der Waals surface area contributed by atoms with Gasteiger partial charge < -0.3 is 10.3 Å². The van der Waals surface area contributed by atoms with Crippen molar-refractivity contribution in [3.63, 3.8) is 0 Å². The molecule has 3 heteroatoms. The molecule has 0 saturated heterocycles. The number of imidazole rings is 1. The van der Waals surface area contributed by atoms with Gasteiger partial charge in [0.1, 0.15) is 5.82 Å². The number of aryl methyl sites for hydroxylation is 2. The van der Waals surface area contributed by atoms with Gasteiger partial charge in [0.25, 0.3) is 0 Å². The Bertz CT molecular complexity index is 559. The molecule has 0 fully saturated rings. The topological polar surface area (TPSA) is 43.8 Å². The van der Waals surface area contributed by atoms with E-state index in [-0.39, 0.29) is 0 Å². The monoisotopic (exact) mass is 315 g/mol. The molecule has 0 amide bonds. The fourth-order valence-corrected chi connectivity index (χ4v) is 3.28. The van der Waals surface area contributed by atoms with Crippen LogP contribution in [0.5, 0.6) is 0 Å². The predicted octanol–water partition coefficient (Wildman–Crippen LogP) is 5.07. The summed E-state index contributed by atoms with van der Waals surface area (Å²) in [7, 11) is 0. The Morgan fingerprint density at radius 1 is 0.913 bits per heavy atom. The number of fused-ring (bicyclic) bond motifs is 1. The third-order valence-corrected chi connectivity index (χ3v) is 4.54. The molecule has 1 aromatic heterocycles. The molecule has 0 aliphatic heterocycles. The largest absolute Gasteiger partial charge is 0.330 e. The molecule has 1 heterocycles. The Morgan fingerprint density at radius 3 is 2.26 bits per heavy atom. The summed E-state index contributed by atoms with van der Waals surface area (Å²) < 4.78 is 2.42. The van der Waals surface area contributed by atoms with Crippen molar-refractivity contribution < 1.29 is 0 Å². The van der Waals surface area contributed by atoms with E-state index >= 15 is 0 Å². The van der Waals surface area contributed by atoms with Crippen molar-refractivity contribution >= 4 is 11.0 Å². The smallest absolute Gasteiger partial charge is 0.109 e. The van der Waals surface area contributed by atoms with Crippen molar-refractivity contribution in [2.24, 2.45) is 5.73 Å². The zero-order chi connectivity index (χ0) is 16.3. The first kappa shape index (κ1) is 18.0. The van der Waals surface area contributed by atoms with Crippen molar-refractivity contribution in [2.45, 2.75) is 77.7 Å². The SMILES string of the molecule is CCCn1c(CCCCCCCCCCN)nc2ccccc21. The fraction of sp³-hybridized carbons (Fsp3) is 0.650. The maximum atomic E-state index is 5.52.